The van der Waals surface area contributed by atoms with E-state index in [2.05, 4.69) is 0 Å². The van der Waals surface area contributed by atoms with Crippen molar-refractivity contribution >= 4 is 5.69 Å². The van der Waals surface area contributed by atoms with Crippen LogP contribution in [0.4, 0.5) is 18.9 Å². The monoisotopic (exact) mass is 284 g/mol. The minimum Gasteiger partial charge on any atom is -0.396 e. The normalized spacial score (nSPS) is 19.1. The van der Waals surface area contributed by atoms with Gasteiger partial charge in [-0.2, -0.15) is 18.4 Å². The zero-order valence-electron chi connectivity index (χ0n) is 10.8. The van der Waals surface area contributed by atoms with E-state index in [9.17, 15) is 13.2 Å². The van der Waals surface area contributed by atoms with Gasteiger partial charge in [0.2, 0.25) is 0 Å². The quantitative estimate of drug-likeness (QED) is 0.928. The fraction of sp³-hybridized carbons (Fsp3) is 0.500. The van der Waals surface area contributed by atoms with Gasteiger partial charge < -0.3 is 10.0 Å². The predicted octanol–water partition coefficient (Wildman–Crippen LogP) is 2.79. The van der Waals surface area contributed by atoms with Crippen molar-refractivity contribution in [3.63, 3.8) is 0 Å². The SMILES string of the molecule is N#Cc1cc(N2CCC(CCO)C2)ccc1C(F)(F)F. The summed E-state index contributed by atoms with van der Waals surface area (Å²) < 4.78 is 38.1. The highest BCUT2D eigenvalue weighted by Gasteiger charge is 2.34. The topological polar surface area (TPSA) is 47.3 Å². The summed E-state index contributed by atoms with van der Waals surface area (Å²) in [5.74, 6) is 0.354. The zero-order chi connectivity index (χ0) is 14.8. The smallest absolute Gasteiger partial charge is 0.396 e. The third-order valence-electron chi connectivity index (χ3n) is 3.62. The Morgan fingerprint density at radius 1 is 1.40 bits per heavy atom. The number of rotatable bonds is 3. The molecule has 2 rings (SSSR count). The van der Waals surface area contributed by atoms with E-state index in [-0.39, 0.29) is 12.2 Å². The van der Waals surface area contributed by atoms with Crippen LogP contribution in [0.25, 0.3) is 0 Å². The van der Waals surface area contributed by atoms with E-state index in [4.69, 9.17) is 10.4 Å². The highest BCUT2D eigenvalue weighted by Crippen LogP contribution is 2.34. The maximum absolute atomic E-state index is 12.7. The van der Waals surface area contributed by atoms with E-state index in [1.54, 1.807) is 6.07 Å². The van der Waals surface area contributed by atoms with Gasteiger partial charge in [-0.15, -0.1) is 0 Å². The minimum atomic E-state index is -4.51. The summed E-state index contributed by atoms with van der Waals surface area (Å²) in [6.45, 7) is 1.56. The third kappa shape index (κ3) is 3.05. The van der Waals surface area contributed by atoms with Gasteiger partial charge in [0, 0.05) is 25.4 Å². The Hall–Kier alpha value is -1.74. The first kappa shape index (κ1) is 14.7. The molecule has 20 heavy (non-hydrogen) atoms. The van der Waals surface area contributed by atoms with Crippen LogP contribution in [0.1, 0.15) is 24.0 Å². The van der Waals surface area contributed by atoms with E-state index in [1.807, 2.05) is 4.90 Å². The lowest BCUT2D eigenvalue weighted by Crippen LogP contribution is -2.20. The maximum atomic E-state index is 12.7. The van der Waals surface area contributed by atoms with E-state index in [1.165, 1.54) is 12.1 Å². The molecular weight excluding hydrogens is 269 g/mol. The molecule has 1 saturated heterocycles. The number of anilines is 1. The number of nitriles is 1. The predicted molar refractivity (Wildman–Crippen MR) is 68.2 cm³/mol. The minimum absolute atomic E-state index is 0.120. The van der Waals surface area contributed by atoms with Crippen LogP contribution in [0.3, 0.4) is 0 Å². The van der Waals surface area contributed by atoms with Crippen molar-refractivity contribution in [1.82, 2.24) is 0 Å². The molecule has 0 amide bonds. The first-order chi connectivity index (χ1) is 9.45. The van der Waals surface area contributed by atoms with Gasteiger partial charge in [0.25, 0.3) is 0 Å². The molecule has 1 aliphatic heterocycles. The van der Waals surface area contributed by atoms with Crippen LogP contribution in [0, 0.1) is 17.2 Å². The molecule has 0 aliphatic carbocycles. The van der Waals surface area contributed by atoms with Crippen molar-refractivity contribution in [2.24, 2.45) is 5.92 Å². The molecule has 1 aliphatic rings. The molecular formula is C14H15F3N2O. The van der Waals surface area contributed by atoms with E-state index in [0.29, 0.717) is 24.6 Å². The van der Waals surface area contributed by atoms with Crippen LogP contribution in [-0.2, 0) is 6.18 Å². The average molecular weight is 284 g/mol. The molecule has 0 bridgehead atoms. The number of aliphatic hydroxyl groups is 1. The summed E-state index contributed by atoms with van der Waals surface area (Å²) in [4.78, 5) is 1.96. The summed E-state index contributed by atoms with van der Waals surface area (Å²) in [7, 11) is 0. The summed E-state index contributed by atoms with van der Waals surface area (Å²) in [6, 6.07) is 5.28. The Balaban J connectivity index is 2.21. The number of aliphatic hydroxyl groups excluding tert-OH is 1. The zero-order valence-corrected chi connectivity index (χ0v) is 10.8. The van der Waals surface area contributed by atoms with Crippen LogP contribution in [-0.4, -0.2) is 24.8 Å². The van der Waals surface area contributed by atoms with Gasteiger partial charge in [0.1, 0.15) is 0 Å². The molecule has 108 valence electrons. The number of halogens is 3. The van der Waals surface area contributed by atoms with Crippen LogP contribution >= 0.6 is 0 Å². The second kappa shape index (κ2) is 5.71. The lowest BCUT2D eigenvalue weighted by atomic mass is 10.1. The molecule has 0 saturated carbocycles. The van der Waals surface area contributed by atoms with Gasteiger partial charge >= 0.3 is 6.18 Å². The molecule has 1 heterocycles. The molecule has 0 spiro atoms. The maximum Gasteiger partial charge on any atom is 0.417 e. The van der Waals surface area contributed by atoms with Crippen molar-refractivity contribution in [1.29, 1.82) is 5.26 Å². The molecule has 1 fully saturated rings. The Kier molecular flexibility index (Phi) is 4.19. The Labute approximate surface area is 115 Å². The van der Waals surface area contributed by atoms with Gasteiger partial charge in [0.05, 0.1) is 17.2 Å². The fourth-order valence-corrected chi connectivity index (χ4v) is 2.55. The molecule has 1 N–H and O–H groups in total. The van der Waals surface area contributed by atoms with E-state index < -0.39 is 11.7 Å². The highest BCUT2D eigenvalue weighted by molar-refractivity contribution is 5.55. The molecule has 6 heteroatoms. The summed E-state index contributed by atoms with van der Waals surface area (Å²) in [5.41, 5.74) is -0.606. The molecule has 1 aromatic rings. The van der Waals surface area contributed by atoms with Crippen LogP contribution in [0.15, 0.2) is 18.2 Å². The molecule has 1 atom stereocenters. The molecule has 3 nitrogen and oxygen atoms in total. The molecule has 0 radical (unpaired) electrons. The highest BCUT2D eigenvalue weighted by atomic mass is 19.4. The van der Waals surface area contributed by atoms with Crippen molar-refractivity contribution in [3.8, 4) is 6.07 Å². The van der Waals surface area contributed by atoms with Crippen LogP contribution in [0.2, 0.25) is 0 Å². The van der Waals surface area contributed by atoms with E-state index in [0.717, 1.165) is 19.0 Å². The van der Waals surface area contributed by atoms with Crippen molar-refractivity contribution in [2.45, 2.75) is 19.0 Å². The van der Waals surface area contributed by atoms with Crippen molar-refractivity contribution < 1.29 is 18.3 Å². The number of benzene rings is 1. The lowest BCUT2D eigenvalue weighted by Gasteiger charge is -2.20. The average Bonchev–Trinajstić information content (AvgIpc) is 2.86. The van der Waals surface area contributed by atoms with Crippen LogP contribution < -0.4 is 4.90 Å². The summed E-state index contributed by atoms with van der Waals surface area (Å²) >= 11 is 0. The largest absolute Gasteiger partial charge is 0.417 e. The van der Waals surface area contributed by atoms with Gasteiger partial charge in [-0.1, -0.05) is 0 Å². The lowest BCUT2D eigenvalue weighted by molar-refractivity contribution is -0.137. The summed E-state index contributed by atoms with van der Waals surface area (Å²) in [5, 5.41) is 17.8. The second-order valence-electron chi connectivity index (χ2n) is 4.95. The Morgan fingerprint density at radius 3 is 2.75 bits per heavy atom. The number of nitrogens with zero attached hydrogens (tertiary/aromatic N) is 2. The number of hydrogen-bond donors (Lipinski definition) is 1. The fourth-order valence-electron chi connectivity index (χ4n) is 2.55. The van der Waals surface area contributed by atoms with E-state index >= 15 is 0 Å². The van der Waals surface area contributed by atoms with Crippen LogP contribution in [0.5, 0.6) is 0 Å². The molecule has 1 aromatic carbocycles. The first-order valence-corrected chi connectivity index (χ1v) is 6.43. The summed E-state index contributed by atoms with van der Waals surface area (Å²) in [6.07, 6.45) is -2.90. The van der Waals surface area contributed by atoms with Crippen molar-refractivity contribution in [3.05, 3.63) is 29.3 Å². The number of hydrogen-bond acceptors (Lipinski definition) is 3. The standard InChI is InChI=1S/C14H15F3N2O/c15-14(16,17)13-2-1-12(7-11(13)8-18)19-5-3-10(9-19)4-6-20/h1-2,7,10,20H,3-6,9H2. The molecule has 1 unspecified atom stereocenters. The van der Waals surface area contributed by atoms with Crippen molar-refractivity contribution in [2.75, 3.05) is 24.6 Å². The van der Waals surface area contributed by atoms with Gasteiger partial charge in [-0.3, -0.25) is 0 Å². The second-order valence-corrected chi connectivity index (χ2v) is 4.95. The Bertz CT molecular complexity index is 522. The Morgan fingerprint density at radius 2 is 2.15 bits per heavy atom. The molecule has 0 aromatic heterocycles. The van der Waals surface area contributed by atoms with Gasteiger partial charge in [0.15, 0.2) is 0 Å². The van der Waals surface area contributed by atoms with Gasteiger partial charge in [-0.25, -0.2) is 0 Å². The first-order valence-electron chi connectivity index (χ1n) is 6.43. The third-order valence-corrected chi connectivity index (χ3v) is 3.62. The van der Waals surface area contributed by atoms with Gasteiger partial charge in [-0.05, 0) is 37.0 Å². The number of alkyl halides is 3.